The number of hydrogen-bond donors (Lipinski definition) is 0. The lowest BCUT2D eigenvalue weighted by molar-refractivity contribution is 1.07. The molecule has 0 N–H and O–H groups in total. The Kier molecular flexibility index (Phi) is 7.44. The summed E-state index contributed by atoms with van der Waals surface area (Å²) in [7, 11) is 0. The van der Waals surface area contributed by atoms with Gasteiger partial charge in [-0.25, -0.2) is 15.0 Å². The first kappa shape index (κ1) is 28.9. The summed E-state index contributed by atoms with van der Waals surface area (Å²) in [6.07, 6.45) is 5.68. The predicted octanol–water partition coefficient (Wildman–Crippen LogP) is 11.2. The van der Waals surface area contributed by atoms with Gasteiger partial charge < -0.3 is 0 Å². The number of pyridine rings is 1. The van der Waals surface area contributed by atoms with Gasteiger partial charge in [0, 0.05) is 33.8 Å². The summed E-state index contributed by atoms with van der Waals surface area (Å²) in [4.78, 5) is 20.0. The van der Waals surface area contributed by atoms with Gasteiger partial charge in [0.25, 0.3) is 0 Å². The molecule has 48 heavy (non-hydrogen) atoms. The second-order valence-electron chi connectivity index (χ2n) is 11.6. The minimum absolute atomic E-state index is 0.585. The Balaban J connectivity index is 1.44. The summed E-state index contributed by atoms with van der Waals surface area (Å²) in [5.41, 5.74) is 8.77. The van der Waals surface area contributed by atoms with Gasteiger partial charge in [-0.2, -0.15) is 0 Å². The Morgan fingerprint density at radius 2 is 0.979 bits per heavy atom. The zero-order valence-electron chi connectivity index (χ0n) is 26.2. The van der Waals surface area contributed by atoms with E-state index in [1.165, 1.54) is 0 Å². The number of aromatic nitrogens is 4. The van der Waals surface area contributed by atoms with Gasteiger partial charge in [-0.1, -0.05) is 135 Å². The fourth-order valence-electron chi connectivity index (χ4n) is 6.39. The van der Waals surface area contributed by atoms with Crippen LogP contribution in [0.3, 0.4) is 0 Å². The molecule has 8 aromatic rings. The van der Waals surface area contributed by atoms with Crippen LogP contribution in [0.25, 0.3) is 90.2 Å². The highest BCUT2D eigenvalue weighted by atomic mass is 15.0. The van der Waals surface area contributed by atoms with Gasteiger partial charge in [-0.3, -0.25) is 4.98 Å². The van der Waals surface area contributed by atoms with Crippen molar-refractivity contribution >= 4 is 33.7 Å². The highest BCUT2D eigenvalue weighted by molar-refractivity contribution is 6.05. The average Bonchev–Trinajstić information content (AvgIpc) is 3.17. The van der Waals surface area contributed by atoms with Gasteiger partial charge in [0.2, 0.25) is 0 Å². The van der Waals surface area contributed by atoms with E-state index in [2.05, 4.69) is 86.0 Å². The van der Waals surface area contributed by atoms with Crippen LogP contribution in [-0.2, 0) is 0 Å². The lowest BCUT2D eigenvalue weighted by atomic mass is 9.89. The number of hydrogen-bond acceptors (Lipinski definition) is 4. The van der Waals surface area contributed by atoms with Crippen LogP contribution in [0.1, 0.15) is 11.1 Å². The summed E-state index contributed by atoms with van der Waals surface area (Å²) < 4.78 is 0. The van der Waals surface area contributed by atoms with Gasteiger partial charge in [0.1, 0.15) is 0 Å². The second kappa shape index (κ2) is 12.3. The van der Waals surface area contributed by atoms with Crippen LogP contribution in [0.4, 0.5) is 0 Å². The Labute approximate surface area is 279 Å². The maximum atomic E-state index is 5.08. The van der Waals surface area contributed by atoms with Crippen molar-refractivity contribution in [3.8, 4) is 56.5 Å². The Bertz CT molecular complexity index is 2420. The molecule has 0 unspecified atom stereocenters. The molecule has 0 aliphatic heterocycles. The molecule has 2 heterocycles. The number of rotatable bonds is 7. The van der Waals surface area contributed by atoms with Crippen molar-refractivity contribution in [3.05, 3.63) is 170 Å². The zero-order chi connectivity index (χ0) is 32.5. The monoisotopic (exact) mass is 614 g/mol. The minimum Gasteiger partial charge on any atom is -0.256 e. The molecule has 226 valence electrons. The molecule has 0 fully saturated rings. The van der Waals surface area contributed by atoms with E-state index in [9.17, 15) is 0 Å². The molecule has 4 heteroatoms. The van der Waals surface area contributed by atoms with E-state index in [1.807, 2.05) is 85.1 Å². The fourth-order valence-corrected chi connectivity index (χ4v) is 6.39. The molecule has 0 aliphatic rings. The van der Waals surface area contributed by atoms with Gasteiger partial charge in [-0.15, -0.1) is 0 Å². The Morgan fingerprint density at radius 3 is 1.62 bits per heavy atom. The molecule has 4 nitrogen and oxygen atoms in total. The van der Waals surface area contributed by atoms with Crippen molar-refractivity contribution in [2.45, 2.75) is 0 Å². The van der Waals surface area contributed by atoms with Gasteiger partial charge in [0.15, 0.2) is 17.5 Å². The number of nitrogens with zero attached hydrogens (tertiary/aromatic N) is 4. The SMILES string of the molecule is C=Cc1cc(-c2cc(-c3nc(-c4ccccc4)nc(-c4ccccc4)n3)cc(-c3nccc4ccccc34)c2)c2ccccc2c1C=C. The van der Waals surface area contributed by atoms with Gasteiger partial charge in [0.05, 0.1) is 5.69 Å². The topological polar surface area (TPSA) is 51.6 Å². The number of fused-ring (bicyclic) bond motifs is 2. The van der Waals surface area contributed by atoms with Crippen molar-refractivity contribution in [2.24, 2.45) is 0 Å². The Morgan fingerprint density at radius 1 is 0.438 bits per heavy atom. The van der Waals surface area contributed by atoms with E-state index in [0.29, 0.717) is 17.5 Å². The highest BCUT2D eigenvalue weighted by Crippen LogP contribution is 2.39. The standard InChI is InChI=1S/C44H30N4/c1-3-29-28-40(39-22-14-13-21-38(39)36(29)4-2)33-25-34(41-37-20-12-11-15-30(37)23-24-45-41)27-35(26-33)44-47-42(31-16-7-5-8-17-31)46-43(48-44)32-18-9-6-10-19-32/h3-28H,1-2H2. The fraction of sp³-hybridized carbons (Fsp3) is 0. The third-order valence-corrected chi connectivity index (χ3v) is 8.69. The van der Waals surface area contributed by atoms with E-state index in [-0.39, 0.29) is 0 Å². The average molecular weight is 615 g/mol. The van der Waals surface area contributed by atoms with E-state index in [4.69, 9.17) is 19.9 Å². The molecule has 0 amide bonds. The third kappa shape index (κ3) is 5.25. The third-order valence-electron chi connectivity index (χ3n) is 8.69. The van der Waals surface area contributed by atoms with E-state index in [1.54, 1.807) is 0 Å². The maximum Gasteiger partial charge on any atom is 0.164 e. The first-order valence-corrected chi connectivity index (χ1v) is 15.9. The molecular formula is C44H30N4. The lowest BCUT2D eigenvalue weighted by Crippen LogP contribution is -2.01. The summed E-state index contributed by atoms with van der Waals surface area (Å²) >= 11 is 0. The summed E-state index contributed by atoms with van der Waals surface area (Å²) in [5, 5.41) is 4.44. The van der Waals surface area contributed by atoms with Crippen molar-refractivity contribution in [2.75, 3.05) is 0 Å². The van der Waals surface area contributed by atoms with Crippen LogP contribution < -0.4 is 0 Å². The summed E-state index contributed by atoms with van der Waals surface area (Å²) in [5.74, 6) is 1.82. The van der Waals surface area contributed by atoms with Crippen LogP contribution in [0.15, 0.2) is 159 Å². The highest BCUT2D eigenvalue weighted by Gasteiger charge is 2.18. The molecule has 2 aromatic heterocycles. The van der Waals surface area contributed by atoms with Gasteiger partial charge in [-0.05, 0) is 68.7 Å². The van der Waals surface area contributed by atoms with E-state index < -0.39 is 0 Å². The van der Waals surface area contributed by atoms with Crippen LogP contribution in [0, 0.1) is 0 Å². The quantitative estimate of drug-likeness (QED) is 0.179. The zero-order valence-corrected chi connectivity index (χ0v) is 26.2. The minimum atomic E-state index is 0.585. The summed E-state index contributed by atoms with van der Waals surface area (Å²) in [6, 6.07) is 47.7. The van der Waals surface area contributed by atoms with Crippen molar-refractivity contribution in [3.63, 3.8) is 0 Å². The normalized spacial score (nSPS) is 11.1. The molecular weight excluding hydrogens is 585 g/mol. The molecule has 0 saturated heterocycles. The first-order valence-electron chi connectivity index (χ1n) is 15.9. The van der Waals surface area contributed by atoms with E-state index in [0.717, 1.165) is 71.7 Å². The molecule has 0 spiro atoms. The summed E-state index contributed by atoms with van der Waals surface area (Å²) in [6.45, 7) is 8.25. The molecule has 0 atom stereocenters. The second-order valence-corrected chi connectivity index (χ2v) is 11.6. The van der Waals surface area contributed by atoms with Crippen molar-refractivity contribution < 1.29 is 0 Å². The first-order chi connectivity index (χ1) is 23.7. The smallest absolute Gasteiger partial charge is 0.164 e. The molecule has 0 radical (unpaired) electrons. The van der Waals surface area contributed by atoms with Crippen LogP contribution >= 0.6 is 0 Å². The molecule has 6 aromatic carbocycles. The molecule has 0 aliphatic carbocycles. The number of benzene rings is 6. The Hall–Kier alpha value is -6.52. The van der Waals surface area contributed by atoms with Crippen molar-refractivity contribution in [1.82, 2.24) is 19.9 Å². The van der Waals surface area contributed by atoms with Gasteiger partial charge >= 0.3 is 0 Å². The largest absolute Gasteiger partial charge is 0.256 e. The van der Waals surface area contributed by atoms with Crippen LogP contribution in [0.2, 0.25) is 0 Å². The van der Waals surface area contributed by atoms with Crippen LogP contribution in [0.5, 0.6) is 0 Å². The van der Waals surface area contributed by atoms with Crippen molar-refractivity contribution in [1.29, 1.82) is 0 Å². The molecule has 8 rings (SSSR count). The lowest BCUT2D eigenvalue weighted by Gasteiger charge is -2.16. The van der Waals surface area contributed by atoms with E-state index >= 15 is 0 Å². The predicted molar refractivity (Wildman–Crippen MR) is 200 cm³/mol. The van der Waals surface area contributed by atoms with Crippen LogP contribution in [-0.4, -0.2) is 19.9 Å². The molecule has 0 bridgehead atoms. The maximum absolute atomic E-state index is 5.08. The molecule has 0 saturated carbocycles.